The summed E-state index contributed by atoms with van der Waals surface area (Å²) in [6.45, 7) is 1.92. The molecule has 0 heterocycles. The zero-order valence-electron chi connectivity index (χ0n) is 6.54. The van der Waals surface area contributed by atoms with E-state index in [1.165, 1.54) is 0 Å². The predicted octanol–water partition coefficient (Wildman–Crippen LogP) is 1.08. The molecule has 0 bridgehead atoms. The first kappa shape index (κ1) is 8.24. The molecular formula is C8H12O3. The van der Waals surface area contributed by atoms with Crippen molar-refractivity contribution in [2.24, 2.45) is 11.8 Å². The first-order valence-corrected chi connectivity index (χ1v) is 3.84. The topological polar surface area (TPSA) is 54.4 Å². The van der Waals surface area contributed by atoms with Crippen molar-refractivity contribution in [1.29, 1.82) is 0 Å². The molecule has 1 N–H and O–H groups in total. The van der Waals surface area contributed by atoms with Crippen molar-refractivity contribution in [3.05, 3.63) is 0 Å². The summed E-state index contributed by atoms with van der Waals surface area (Å²) in [6, 6.07) is 0. The predicted molar refractivity (Wildman–Crippen MR) is 39.1 cm³/mol. The molecule has 1 rings (SSSR count). The molecule has 0 spiro atoms. The first-order chi connectivity index (χ1) is 5.09. The molecule has 1 fully saturated rings. The van der Waals surface area contributed by atoms with Gasteiger partial charge in [-0.15, -0.1) is 0 Å². The molecule has 0 aromatic heterocycles. The van der Waals surface area contributed by atoms with Gasteiger partial charge in [-0.05, 0) is 12.3 Å². The summed E-state index contributed by atoms with van der Waals surface area (Å²) in [5.74, 6) is -0.912. The normalized spacial score (nSPS) is 31.9. The molecule has 11 heavy (non-hydrogen) atoms. The molecule has 0 amide bonds. The minimum absolute atomic E-state index is 0.0937. The van der Waals surface area contributed by atoms with Crippen molar-refractivity contribution in [2.75, 3.05) is 0 Å². The molecule has 0 radical (unpaired) electrons. The van der Waals surface area contributed by atoms with Crippen LogP contribution in [0.2, 0.25) is 0 Å². The highest BCUT2D eigenvalue weighted by Crippen LogP contribution is 2.26. The number of rotatable bonds is 1. The summed E-state index contributed by atoms with van der Waals surface area (Å²) in [5.41, 5.74) is 0. The number of carboxylic acid groups (broad SMARTS) is 1. The van der Waals surface area contributed by atoms with Crippen molar-refractivity contribution in [2.45, 2.75) is 26.2 Å². The zero-order chi connectivity index (χ0) is 8.43. The van der Waals surface area contributed by atoms with E-state index in [0.29, 0.717) is 12.8 Å². The van der Waals surface area contributed by atoms with Gasteiger partial charge < -0.3 is 5.11 Å². The van der Waals surface area contributed by atoms with Gasteiger partial charge in [-0.2, -0.15) is 0 Å². The quantitative estimate of drug-likeness (QED) is 0.618. The molecule has 2 atom stereocenters. The monoisotopic (exact) mass is 156 g/mol. The van der Waals surface area contributed by atoms with Gasteiger partial charge in [0, 0.05) is 12.8 Å². The van der Waals surface area contributed by atoms with Gasteiger partial charge in [0.15, 0.2) is 0 Å². The van der Waals surface area contributed by atoms with E-state index in [2.05, 4.69) is 0 Å². The van der Waals surface area contributed by atoms with E-state index in [1.807, 2.05) is 6.92 Å². The number of aliphatic carboxylic acids is 1. The fourth-order valence-corrected chi connectivity index (χ4v) is 1.59. The summed E-state index contributed by atoms with van der Waals surface area (Å²) in [5, 5.41) is 8.62. The summed E-state index contributed by atoms with van der Waals surface area (Å²) in [7, 11) is 0. The highest BCUT2D eigenvalue weighted by molar-refractivity contribution is 5.85. The number of hydrogen-bond donors (Lipinski definition) is 1. The van der Waals surface area contributed by atoms with Crippen LogP contribution in [-0.2, 0) is 9.59 Å². The van der Waals surface area contributed by atoms with E-state index in [0.717, 1.165) is 0 Å². The lowest BCUT2D eigenvalue weighted by atomic mass is 9.82. The molecule has 0 aromatic rings. The fourth-order valence-electron chi connectivity index (χ4n) is 1.59. The Morgan fingerprint density at radius 3 is 2.64 bits per heavy atom. The van der Waals surface area contributed by atoms with Crippen LogP contribution in [-0.4, -0.2) is 16.9 Å². The molecule has 1 aliphatic rings. The largest absolute Gasteiger partial charge is 0.481 e. The van der Waals surface area contributed by atoms with Crippen LogP contribution < -0.4 is 0 Å². The van der Waals surface area contributed by atoms with Crippen molar-refractivity contribution in [1.82, 2.24) is 0 Å². The van der Waals surface area contributed by atoms with Crippen LogP contribution in [0, 0.1) is 11.8 Å². The Bertz CT molecular complexity index is 186. The van der Waals surface area contributed by atoms with E-state index in [1.54, 1.807) is 0 Å². The maximum atomic E-state index is 10.9. The second kappa shape index (κ2) is 3.03. The summed E-state index contributed by atoms with van der Waals surface area (Å²) < 4.78 is 0. The summed E-state index contributed by atoms with van der Waals surface area (Å²) >= 11 is 0. The average molecular weight is 156 g/mol. The Balaban J connectivity index is 2.56. The van der Waals surface area contributed by atoms with Crippen molar-refractivity contribution >= 4 is 11.8 Å². The van der Waals surface area contributed by atoms with Crippen LogP contribution in [0.25, 0.3) is 0 Å². The van der Waals surface area contributed by atoms with Crippen molar-refractivity contribution in [3.63, 3.8) is 0 Å². The third kappa shape index (κ3) is 2.03. The SMILES string of the molecule is C[C@@H]1CC(=O)C[C@H](C(=O)O)C1. The van der Waals surface area contributed by atoms with Gasteiger partial charge in [-0.3, -0.25) is 9.59 Å². The maximum absolute atomic E-state index is 10.9. The molecular weight excluding hydrogens is 144 g/mol. The van der Waals surface area contributed by atoms with Crippen LogP contribution in [0.5, 0.6) is 0 Å². The number of carboxylic acids is 1. The highest BCUT2D eigenvalue weighted by Gasteiger charge is 2.29. The van der Waals surface area contributed by atoms with Crippen LogP contribution >= 0.6 is 0 Å². The lowest BCUT2D eigenvalue weighted by molar-refractivity contribution is -0.146. The third-order valence-corrected chi connectivity index (χ3v) is 2.09. The van der Waals surface area contributed by atoms with E-state index in [-0.39, 0.29) is 18.1 Å². The van der Waals surface area contributed by atoms with Crippen molar-refractivity contribution < 1.29 is 14.7 Å². The second-order valence-corrected chi connectivity index (χ2v) is 3.32. The number of carbonyl (C=O) groups is 2. The molecule has 0 aromatic carbocycles. The van der Waals surface area contributed by atoms with Crippen LogP contribution in [0.3, 0.4) is 0 Å². The van der Waals surface area contributed by atoms with Gasteiger partial charge in [-0.1, -0.05) is 6.92 Å². The summed E-state index contributed by atoms with van der Waals surface area (Å²) in [4.78, 5) is 21.4. The Hall–Kier alpha value is -0.860. The van der Waals surface area contributed by atoms with E-state index >= 15 is 0 Å². The number of Topliss-reactive ketones (excluding diaryl/α,β-unsaturated/α-hetero) is 1. The highest BCUT2D eigenvalue weighted by atomic mass is 16.4. The smallest absolute Gasteiger partial charge is 0.306 e. The van der Waals surface area contributed by atoms with Crippen LogP contribution in [0.4, 0.5) is 0 Å². The van der Waals surface area contributed by atoms with Gasteiger partial charge in [-0.25, -0.2) is 0 Å². The van der Waals surface area contributed by atoms with Gasteiger partial charge in [0.2, 0.25) is 0 Å². The average Bonchev–Trinajstić information content (AvgIpc) is 1.85. The maximum Gasteiger partial charge on any atom is 0.306 e. The minimum Gasteiger partial charge on any atom is -0.481 e. The van der Waals surface area contributed by atoms with E-state index < -0.39 is 11.9 Å². The Morgan fingerprint density at radius 1 is 1.55 bits per heavy atom. The minimum atomic E-state index is -0.829. The fraction of sp³-hybridized carbons (Fsp3) is 0.750. The van der Waals surface area contributed by atoms with Crippen LogP contribution in [0.1, 0.15) is 26.2 Å². The molecule has 1 aliphatic carbocycles. The second-order valence-electron chi connectivity index (χ2n) is 3.32. The third-order valence-electron chi connectivity index (χ3n) is 2.09. The Labute approximate surface area is 65.4 Å². The molecule has 1 saturated carbocycles. The number of carbonyl (C=O) groups excluding carboxylic acids is 1. The Kier molecular flexibility index (Phi) is 2.27. The van der Waals surface area contributed by atoms with E-state index in [9.17, 15) is 9.59 Å². The lowest BCUT2D eigenvalue weighted by Gasteiger charge is -2.22. The van der Waals surface area contributed by atoms with E-state index in [4.69, 9.17) is 5.11 Å². The molecule has 0 unspecified atom stereocenters. The molecule has 0 aliphatic heterocycles. The number of ketones is 1. The standard InChI is InChI=1S/C8H12O3/c1-5-2-6(8(10)11)4-7(9)3-5/h5-6H,2-4H2,1H3,(H,10,11)/t5-,6+/m0/s1. The molecule has 0 saturated heterocycles. The first-order valence-electron chi connectivity index (χ1n) is 3.84. The molecule has 62 valence electrons. The molecule has 3 heteroatoms. The van der Waals surface area contributed by atoms with Crippen LogP contribution in [0.15, 0.2) is 0 Å². The van der Waals surface area contributed by atoms with Gasteiger partial charge >= 0.3 is 5.97 Å². The number of hydrogen-bond acceptors (Lipinski definition) is 2. The van der Waals surface area contributed by atoms with Crippen molar-refractivity contribution in [3.8, 4) is 0 Å². The van der Waals surface area contributed by atoms with Gasteiger partial charge in [0.05, 0.1) is 5.92 Å². The van der Waals surface area contributed by atoms with Gasteiger partial charge in [0.25, 0.3) is 0 Å². The lowest BCUT2D eigenvalue weighted by Crippen LogP contribution is -2.26. The van der Waals surface area contributed by atoms with Gasteiger partial charge in [0.1, 0.15) is 5.78 Å². The molecule has 3 nitrogen and oxygen atoms in total. The zero-order valence-corrected chi connectivity index (χ0v) is 6.54. The summed E-state index contributed by atoms with van der Waals surface area (Å²) in [6.07, 6.45) is 1.45. The Morgan fingerprint density at radius 2 is 2.18 bits per heavy atom.